The Morgan fingerprint density at radius 3 is 2.38 bits per heavy atom. The van der Waals surface area contributed by atoms with Gasteiger partial charge in [0.2, 0.25) is 21.7 Å². The molecule has 0 atom stereocenters. The van der Waals surface area contributed by atoms with Crippen LogP contribution in [0.3, 0.4) is 0 Å². The van der Waals surface area contributed by atoms with E-state index in [0.29, 0.717) is 18.2 Å². The summed E-state index contributed by atoms with van der Waals surface area (Å²) < 4.78 is 43.3. The highest BCUT2D eigenvalue weighted by Crippen LogP contribution is 2.26. The van der Waals surface area contributed by atoms with E-state index in [1.165, 1.54) is 11.4 Å². The molecule has 0 N–H and O–H groups in total. The minimum Gasteiger partial charge on any atom is -0.497 e. The van der Waals surface area contributed by atoms with Crippen molar-refractivity contribution < 1.29 is 22.4 Å². The number of fused-ring (bicyclic) bond motifs is 1. The topological polar surface area (TPSA) is 94.8 Å². The van der Waals surface area contributed by atoms with Crippen molar-refractivity contribution in [3.05, 3.63) is 66.6 Å². The maximum absolute atomic E-state index is 13.1. The summed E-state index contributed by atoms with van der Waals surface area (Å²) in [4.78, 5) is 4.52. The highest BCUT2D eigenvalue weighted by molar-refractivity contribution is 7.89. The summed E-state index contributed by atoms with van der Waals surface area (Å²) in [6.45, 7) is 2.45. The van der Waals surface area contributed by atoms with Gasteiger partial charge in [0.1, 0.15) is 11.5 Å². The fourth-order valence-corrected chi connectivity index (χ4v) is 4.40. The molecule has 0 saturated heterocycles. The molecular formula is C23H23N3O5S. The van der Waals surface area contributed by atoms with Crippen LogP contribution in [-0.2, 0) is 16.6 Å². The first-order valence-electron chi connectivity index (χ1n) is 10.0. The van der Waals surface area contributed by atoms with Crippen LogP contribution in [0.4, 0.5) is 0 Å². The van der Waals surface area contributed by atoms with Gasteiger partial charge in [-0.1, -0.05) is 17.3 Å². The molecule has 0 spiro atoms. The standard InChI is InChI=1S/C23H23N3O5S/c1-4-30-19-9-5-16(6-10-19)23-24-22(31-25-23)15-26(2)32(27,28)21-12-8-17-13-20(29-3)11-7-18(17)14-21/h5-14H,4,15H2,1-3H3. The maximum Gasteiger partial charge on any atom is 0.243 e. The molecule has 0 fully saturated rings. The monoisotopic (exact) mass is 453 g/mol. The molecule has 3 aromatic carbocycles. The van der Waals surface area contributed by atoms with Gasteiger partial charge in [-0.2, -0.15) is 9.29 Å². The van der Waals surface area contributed by atoms with Gasteiger partial charge >= 0.3 is 0 Å². The van der Waals surface area contributed by atoms with Crippen molar-refractivity contribution in [1.82, 2.24) is 14.4 Å². The third-order valence-corrected chi connectivity index (χ3v) is 6.78. The molecule has 0 amide bonds. The first-order chi connectivity index (χ1) is 15.4. The summed E-state index contributed by atoms with van der Waals surface area (Å²) in [7, 11) is -0.682. The van der Waals surface area contributed by atoms with E-state index in [9.17, 15) is 8.42 Å². The van der Waals surface area contributed by atoms with E-state index < -0.39 is 10.0 Å². The van der Waals surface area contributed by atoms with Crippen molar-refractivity contribution in [2.75, 3.05) is 20.8 Å². The first kappa shape index (κ1) is 21.8. The second-order valence-electron chi connectivity index (χ2n) is 7.11. The normalized spacial score (nSPS) is 11.8. The second-order valence-corrected chi connectivity index (χ2v) is 9.15. The van der Waals surface area contributed by atoms with Crippen LogP contribution in [0.2, 0.25) is 0 Å². The summed E-state index contributed by atoms with van der Waals surface area (Å²) in [6, 6.07) is 17.7. The summed E-state index contributed by atoms with van der Waals surface area (Å²) >= 11 is 0. The van der Waals surface area contributed by atoms with Crippen molar-refractivity contribution in [2.24, 2.45) is 0 Å². The van der Waals surface area contributed by atoms with Crippen LogP contribution >= 0.6 is 0 Å². The van der Waals surface area contributed by atoms with Crippen molar-refractivity contribution in [3.63, 3.8) is 0 Å². The largest absolute Gasteiger partial charge is 0.497 e. The molecule has 32 heavy (non-hydrogen) atoms. The Hall–Kier alpha value is -3.43. The number of hydrogen-bond acceptors (Lipinski definition) is 7. The molecule has 1 aromatic heterocycles. The molecule has 166 valence electrons. The molecular weight excluding hydrogens is 430 g/mol. The highest BCUT2D eigenvalue weighted by atomic mass is 32.2. The minimum atomic E-state index is -3.75. The molecule has 0 unspecified atom stereocenters. The minimum absolute atomic E-state index is 0.0486. The van der Waals surface area contributed by atoms with E-state index in [2.05, 4.69) is 10.1 Å². The molecule has 9 heteroatoms. The van der Waals surface area contributed by atoms with Crippen LogP contribution in [0.25, 0.3) is 22.2 Å². The summed E-state index contributed by atoms with van der Waals surface area (Å²) in [5.41, 5.74) is 0.749. The van der Waals surface area contributed by atoms with Gasteiger partial charge in [-0.05, 0) is 66.2 Å². The number of methoxy groups -OCH3 is 1. The van der Waals surface area contributed by atoms with E-state index in [-0.39, 0.29) is 17.3 Å². The van der Waals surface area contributed by atoms with Crippen LogP contribution in [0.15, 0.2) is 70.1 Å². The van der Waals surface area contributed by atoms with E-state index in [4.69, 9.17) is 14.0 Å². The highest BCUT2D eigenvalue weighted by Gasteiger charge is 2.23. The number of hydrogen-bond donors (Lipinski definition) is 0. The Kier molecular flexibility index (Phi) is 6.11. The number of rotatable bonds is 8. The van der Waals surface area contributed by atoms with E-state index in [0.717, 1.165) is 22.1 Å². The lowest BCUT2D eigenvalue weighted by molar-refractivity contribution is 0.336. The van der Waals surface area contributed by atoms with Gasteiger partial charge in [-0.15, -0.1) is 0 Å². The zero-order valence-electron chi connectivity index (χ0n) is 18.0. The van der Waals surface area contributed by atoms with Gasteiger partial charge in [0.25, 0.3) is 0 Å². The number of sulfonamides is 1. The van der Waals surface area contributed by atoms with Crippen molar-refractivity contribution in [3.8, 4) is 22.9 Å². The number of nitrogens with zero attached hydrogens (tertiary/aromatic N) is 3. The Morgan fingerprint density at radius 1 is 0.969 bits per heavy atom. The van der Waals surface area contributed by atoms with Gasteiger partial charge in [-0.3, -0.25) is 0 Å². The second kappa shape index (κ2) is 8.97. The Bertz CT molecular complexity index is 1330. The van der Waals surface area contributed by atoms with Crippen molar-refractivity contribution in [2.45, 2.75) is 18.4 Å². The molecule has 4 aromatic rings. The fraction of sp³-hybridized carbons (Fsp3) is 0.217. The lowest BCUT2D eigenvalue weighted by atomic mass is 10.1. The molecule has 0 bridgehead atoms. The van der Waals surface area contributed by atoms with E-state index >= 15 is 0 Å². The molecule has 1 heterocycles. The van der Waals surface area contributed by atoms with Gasteiger partial charge in [-0.25, -0.2) is 8.42 Å². The van der Waals surface area contributed by atoms with E-state index in [1.807, 2.05) is 43.3 Å². The number of ether oxygens (including phenoxy) is 2. The zero-order valence-corrected chi connectivity index (χ0v) is 18.8. The summed E-state index contributed by atoms with van der Waals surface area (Å²) in [5, 5.41) is 5.66. The van der Waals surface area contributed by atoms with Crippen molar-refractivity contribution >= 4 is 20.8 Å². The first-order valence-corrected chi connectivity index (χ1v) is 11.4. The van der Waals surface area contributed by atoms with E-state index in [1.54, 1.807) is 31.4 Å². The average Bonchev–Trinajstić information content (AvgIpc) is 3.27. The molecule has 0 aliphatic heterocycles. The predicted molar refractivity (Wildman–Crippen MR) is 120 cm³/mol. The summed E-state index contributed by atoms with van der Waals surface area (Å²) in [5.74, 6) is 2.04. The lowest BCUT2D eigenvalue weighted by Gasteiger charge is -2.15. The van der Waals surface area contributed by atoms with Gasteiger partial charge in [0.15, 0.2) is 0 Å². The smallest absolute Gasteiger partial charge is 0.243 e. The van der Waals surface area contributed by atoms with Crippen LogP contribution in [0.1, 0.15) is 12.8 Å². The predicted octanol–water partition coefficient (Wildman–Crippen LogP) is 4.12. The SMILES string of the molecule is CCOc1ccc(-c2noc(CN(C)S(=O)(=O)c3ccc4cc(OC)ccc4c3)n2)cc1. The van der Waals surface area contributed by atoms with Crippen molar-refractivity contribution in [1.29, 1.82) is 0 Å². The third-order valence-electron chi connectivity index (χ3n) is 4.98. The number of aromatic nitrogens is 2. The van der Waals surface area contributed by atoms with Gasteiger partial charge < -0.3 is 14.0 Å². The maximum atomic E-state index is 13.1. The molecule has 0 saturated carbocycles. The quantitative estimate of drug-likeness (QED) is 0.396. The molecule has 0 aliphatic rings. The number of benzene rings is 3. The molecule has 4 rings (SSSR count). The Balaban J connectivity index is 1.52. The third kappa shape index (κ3) is 4.44. The molecule has 0 radical (unpaired) electrons. The Morgan fingerprint density at radius 2 is 1.66 bits per heavy atom. The Labute approximate surface area is 186 Å². The fourth-order valence-electron chi connectivity index (χ4n) is 3.25. The summed E-state index contributed by atoms with van der Waals surface area (Å²) in [6.07, 6.45) is 0. The van der Waals surface area contributed by atoms with Crippen LogP contribution in [0, 0.1) is 0 Å². The molecule has 0 aliphatic carbocycles. The molecule has 8 nitrogen and oxygen atoms in total. The van der Waals surface area contributed by atoms with Crippen LogP contribution < -0.4 is 9.47 Å². The zero-order chi connectivity index (χ0) is 22.7. The van der Waals surface area contributed by atoms with Crippen LogP contribution in [0.5, 0.6) is 11.5 Å². The van der Waals surface area contributed by atoms with Gasteiger partial charge in [0.05, 0.1) is 25.2 Å². The lowest BCUT2D eigenvalue weighted by Crippen LogP contribution is -2.26. The van der Waals surface area contributed by atoms with Gasteiger partial charge in [0, 0.05) is 12.6 Å². The van der Waals surface area contributed by atoms with Crippen LogP contribution in [-0.4, -0.2) is 43.6 Å². The average molecular weight is 454 g/mol.